The molecule has 0 spiro atoms. The van der Waals surface area contributed by atoms with E-state index < -0.39 is 18.3 Å². The van der Waals surface area contributed by atoms with Gasteiger partial charge in [-0.1, -0.05) is 18.2 Å². The number of anilines is 1. The number of piperazine rings is 1. The number of nitrogens with one attached hydrogen (secondary N) is 2. The molecule has 4 heterocycles. The quantitative estimate of drug-likeness (QED) is 0.512. The molecule has 2 N–H and O–H groups in total. The van der Waals surface area contributed by atoms with Crippen LogP contribution < -0.4 is 20.1 Å². The number of hydrogen-bond donors (Lipinski definition) is 2. The first kappa shape index (κ1) is 24.6. The van der Waals surface area contributed by atoms with E-state index in [2.05, 4.69) is 15.7 Å². The fraction of sp³-hybridized carbons (Fsp3) is 0.407. The molecule has 6 rings (SSSR count). The molecule has 3 aliphatic heterocycles. The Labute approximate surface area is 217 Å². The zero-order chi connectivity index (χ0) is 26.6. The van der Waals surface area contributed by atoms with Crippen LogP contribution in [0, 0.1) is 0 Å². The zero-order valence-corrected chi connectivity index (χ0v) is 21.0. The SMILES string of the molecule is COc1ccc(C2CC(C(F)(F)F)n3nc(-c4ccc(C(=O)N5CC6CC5CN6)cc4)cc3N2)cc1OC. The first-order valence-corrected chi connectivity index (χ1v) is 12.5. The third-order valence-electron chi connectivity index (χ3n) is 7.74. The molecule has 0 aliphatic carbocycles. The molecule has 8 nitrogen and oxygen atoms in total. The molecule has 11 heteroatoms. The first-order chi connectivity index (χ1) is 18.2. The van der Waals surface area contributed by atoms with E-state index in [9.17, 15) is 18.0 Å². The van der Waals surface area contributed by atoms with Gasteiger partial charge in [0, 0.05) is 48.8 Å². The van der Waals surface area contributed by atoms with Crippen molar-refractivity contribution >= 4 is 11.7 Å². The predicted octanol–water partition coefficient (Wildman–Crippen LogP) is 4.41. The normalized spacial score (nSPS) is 24.2. The molecule has 0 radical (unpaired) electrons. The summed E-state index contributed by atoms with van der Waals surface area (Å²) in [5, 5.41) is 10.9. The van der Waals surface area contributed by atoms with Crippen LogP contribution in [0.25, 0.3) is 11.3 Å². The highest BCUT2D eigenvalue weighted by atomic mass is 19.4. The second-order valence-electron chi connectivity index (χ2n) is 9.99. The molecule has 2 fully saturated rings. The lowest BCUT2D eigenvalue weighted by Gasteiger charge is -2.33. The summed E-state index contributed by atoms with van der Waals surface area (Å²) >= 11 is 0. The maximum absolute atomic E-state index is 14.2. The number of halogens is 3. The summed E-state index contributed by atoms with van der Waals surface area (Å²) in [6.07, 6.45) is -3.75. The molecular weight excluding hydrogens is 499 g/mol. The van der Waals surface area contributed by atoms with E-state index in [1.54, 1.807) is 48.5 Å². The fourth-order valence-electron chi connectivity index (χ4n) is 5.76. The smallest absolute Gasteiger partial charge is 0.410 e. The molecule has 3 aromatic rings. The van der Waals surface area contributed by atoms with Crippen LogP contribution in [0.1, 0.15) is 40.8 Å². The monoisotopic (exact) mass is 527 g/mol. The number of ether oxygens (including phenoxy) is 2. The van der Waals surface area contributed by atoms with Gasteiger partial charge in [0.15, 0.2) is 17.5 Å². The summed E-state index contributed by atoms with van der Waals surface area (Å²) in [4.78, 5) is 14.9. The largest absolute Gasteiger partial charge is 0.493 e. The van der Waals surface area contributed by atoms with E-state index in [0.717, 1.165) is 17.6 Å². The summed E-state index contributed by atoms with van der Waals surface area (Å²) < 4.78 is 54.1. The molecule has 1 amide bonds. The lowest BCUT2D eigenvalue weighted by Crippen LogP contribution is -2.46. The molecule has 1 aromatic heterocycles. The van der Waals surface area contributed by atoms with E-state index in [1.807, 2.05) is 4.90 Å². The van der Waals surface area contributed by atoms with Crippen molar-refractivity contribution < 1.29 is 27.4 Å². The van der Waals surface area contributed by atoms with Crippen molar-refractivity contribution in [3.05, 3.63) is 59.7 Å². The molecule has 2 bridgehead atoms. The highest BCUT2D eigenvalue weighted by molar-refractivity contribution is 5.95. The minimum Gasteiger partial charge on any atom is -0.493 e. The number of amides is 1. The van der Waals surface area contributed by atoms with E-state index in [0.29, 0.717) is 46.5 Å². The number of rotatable bonds is 5. The van der Waals surface area contributed by atoms with Gasteiger partial charge >= 0.3 is 6.18 Å². The van der Waals surface area contributed by atoms with Crippen LogP contribution in [-0.4, -0.2) is 66.2 Å². The van der Waals surface area contributed by atoms with Gasteiger partial charge in [-0.25, -0.2) is 4.68 Å². The number of likely N-dealkylation sites (tertiary alicyclic amines) is 1. The maximum Gasteiger partial charge on any atom is 0.410 e. The molecule has 4 unspecified atom stereocenters. The van der Waals surface area contributed by atoms with Crippen LogP contribution in [0.5, 0.6) is 11.5 Å². The van der Waals surface area contributed by atoms with Gasteiger partial charge in [0.25, 0.3) is 5.91 Å². The van der Waals surface area contributed by atoms with Crippen molar-refractivity contribution in [1.82, 2.24) is 20.0 Å². The predicted molar refractivity (Wildman–Crippen MR) is 135 cm³/mol. The Bertz CT molecular complexity index is 1360. The van der Waals surface area contributed by atoms with Crippen LogP contribution in [0.2, 0.25) is 0 Å². The zero-order valence-electron chi connectivity index (χ0n) is 21.0. The Morgan fingerprint density at radius 2 is 1.79 bits per heavy atom. The number of aromatic nitrogens is 2. The van der Waals surface area contributed by atoms with E-state index in [1.165, 1.54) is 14.2 Å². The van der Waals surface area contributed by atoms with Gasteiger partial charge in [-0.2, -0.15) is 18.3 Å². The minimum atomic E-state index is -4.49. The fourth-order valence-corrected chi connectivity index (χ4v) is 5.76. The minimum absolute atomic E-state index is 0.0220. The Hall–Kier alpha value is -3.73. The van der Waals surface area contributed by atoms with Gasteiger partial charge in [-0.3, -0.25) is 4.79 Å². The average Bonchev–Trinajstić information content (AvgIpc) is 3.67. The number of carbonyl (C=O) groups is 1. The highest BCUT2D eigenvalue weighted by Gasteiger charge is 2.47. The first-order valence-electron chi connectivity index (χ1n) is 12.5. The van der Waals surface area contributed by atoms with Crippen molar-refractivity contribution in [3.8, 4) is 22.8 Å². The van der Waals surface area contributed by atoms with Gasteiger partial charge in [0.2, 0.25) is 0 Å². The lowest BCUT2D eigenvalue weighted by molar-refractivity contribution is -0.173. The number of carbonyl (C=O) groups excluding carboxylic acids is 1. The van der Waals surface area contributed by atoms with E-state index in [-0.39, 0.29) is 24.2 Å². The Kier molecular flexibility index (Phi) is 5.97. The third kappa shape index (κ3) is 4.24. The Morgan fingerprint density at radius 1 is 1.03 bits per heavy atom. The van der Waals surface area contributed by atoms with Crippen LogP contribution in [-0.2, 0) is 0 Å². The second kappa shape index (κ2) is 9.23. The van der Waals surface area contributed by atoms with Crippen LogP contribution in [0.15, 0.2) is 48.5 Å². The van der Waals surface area contributed by atoms with Gasteiger partial charge in [0.1, 0.15) is 5.82 Å². The molecule has 2 saturated heterocycles. The van der Waals surface area contributed by atoms with Gasteiger partial charge < -0.3 is 25.0 Å². The van der Waals surface area contributed by atoms with Crippen molar-refractivity contribution in [1.29, 1.82) is 0 Å². The van der Waals surface area contributed by atoms with Crippen molar-refractivity contribution in [3.63, 3.8) is 0 Å². The highest BCUT2D eigenvalue weighted by Crippen LogP contribution is 2.45. The van der Waals surface area contributed by atoms with Gasteiger partial charge in [-0.05, 0) is 36.2 Å². The second-order valence-corrected chi connectivity index (χ2v) is 9.99. The molecule has 200 valence electrons. The van der Waals surface area contributed by atoms with Crippen molar-refractivity contribution in [2.45, 2.75) is 43.2 Å². The Morgan fingerprint density at radius 3 is 2.42 bits per heavy atom. The van der Waals surface area contributed by atoms with Crippen LogP contribution in [0.4, 0.5) is 19.0 Å². The lowest BCUT2D eigenvalue weighted by atomic mass is 9.96. The standard InChI is InChI=1S/C27H28F3N5O3/c1-37-22-8-7-17(9-23(22)38-2)20-11-24(27(28,29)30)35-25(32-20)12-21(33-35)15-3-5-16(6-4-15)26(36)34-14-18-10-19(34)13-31-18/h3-9,12,18-20,24,31-32H,10-11,13-14H2,1-2H3. The number of methoxy groups -OCH3 is 2. The molecule has 4 atom stereocenters. The number of hydrogen-bond acceptors (Lipinski definition) is 6. The summed E-state index contributed by atoms with van der Waals surface area (Å²) in [5.74, 6) is 1.20. The number of fused-ring (bicyclic) bond motifs is 3. The molecular formula is C27H28F3N5O3. The molecule has 0 saturated carbocycles. The summed E-state index contributed by atoms with van der Waals surface area (Å²) in [5.41, 5.74) is 2.25. The molecule has 38 heavy (non-hydrogen) atoms. The van der Waals surface area contributed by atoms with E-state index in [4.69, 9.17) is 9.47 Å². The topological polar surface area (TPSA) is 80.7 Å². The van der Waals surface area contributed by atoms with Crippen LogP contribution in [0.3, 0.4) is 0 Å². The molecule has 2 aromatic carbocycles. The van der Waals surface area contributed by atoms with E-state index >= 15 is 0 Å². The third-order valence-corrected chi connectivity index (χ3v) is 7.74. The van der Waals surface area contributed by atoms with Crippen molar-refractivity contribution in [2.24, 2.45) is 0 Å². The molecule has 3 aliphatic rings. The van der Waals surface area contributed by atoms with Gasteiger partial charge in [-0.15, -0.1) is 0 Å². The summed E-state index contributed by atoms with van der Waals surface area (Å²) in [6.45, 7) is 1.51. The number of alkyl halides is 3. The Balaban J connectivity index is 1.27. The average molecular weight is 528 g/mol. The number of benzene rings is 2. The van der Waals surface area contributed by atoms with Crippen LogP contribution >= 0.6 is 0 Å². The maximum atomic E-state index is 14.2. The van der Waals surface area contributed by atoms with Crippen molar-refractivity contribution in [2.75, 3.05) is 32.6 Å². The van der Waals surface area contributed by atoms with Gasteiger partial charge in [0.05, 0.1) is 26.0 Å². The number of nitrogens with zero attached hydrogens (tertiary/aromatic N) is 3. The summed E-state index contributed by atoms with van der Waals surface area (Å²) in [6, 6.07) is 11.8. The summed E-state index contributed by atoms with van der Waals surface area (Å²) in [7, 11) is 2.99.